The van der Waals surface area contributed by atoms with Gasteiger partial charge < -0.3 is 10.2 Å². The number of carboxylic acid groups (broad SMARTS) is 2. The smallest absolute Gasteiger partial charge is 0.356 e. The summed E-state index contributed by atoms with van der Waals surface area (Å²) in [6.07, 6.45) is 1.24. The van der Waals surface area contributed by atoms with Crippen LogP contribution in [0.1, 0.15) is 28.2 Å². The van der Waals surface area contributed by atoms with Crippen LogP contribution in [0.15, 0.2) is 30.3 Å². The highest BCUT2D eigenvalue weighted by Crippen LogP contribution is 2.30. The van der Waals surface area contributed by atoms with Crippen LogP contribution < -0.4 is 0 Å². The molecule has 108 valence electrons. The number of rotatable bonds is 3. The number of aromatic carboxylic acids is 1. The molecule has 1 heterocycles. The maximum absolute atomic E-state index is 11.4. The lowest BCUT2D eigenvalue weighted by molar-refractivity contribution is -0.142. The second kappa shape index (κ2) is 5.05. The van der Waals surface area contributed by atoms with E-state index in [0.717, 1.165) is 11.4 Å². The molecular formula is C15H14N2O4. The number of aliphatic carboxylic acids is 1. The van der Waals surface area contributed by atoms with Gasteiger partial charge in [0.2, 0.25) is 0 Å². The Kier molecular flexibility index (Phi) is 3.21. The number of nitrogens with zero attached hydrogens (tertiary/aromatic N) is 2. The molecule has 0 saturated heterocycles. The van der Waals surface area contributed by atoms with Crippen molar-refractivity contribution in [2.45, 2.75) is 19.3 Å². The fraction of sp³-hybridized carbons (Fsp3) is 0.267. The highest BCUT2D eigenvalue weighted by molar-refractivity contribution is 5.88. The Morgan fingerprint density at radius 2 is 1.90 bits per heavy atom. The molecule has 0 aliphatic heterocycles. The summed E-state index contributed by atoms with van der Waals surface area (Å²) >= 11 is 0. The molecule has 2 N–H and O–H groups in total. The lowest BCUT2D eigenvalue weighted by Gasteiger charge is -2.19. The molecule has 1 aromatic carbocycles. The van der Waals surface area contributed by atoms with Crippen molar-refractivity contribution in [2.24, 2.45) is 5.92 Å². The second-order valence-corrected chi connectivity index (χ2v) is 5.10. The molecule has 1 aromatic heterocycles. The highest BCUT2D eigenvalue weighted by Gasteiger charge is 2.32. The Bertz CT molecular complexity index is 706. The Balaban J connectivity index is 2.12. The quantitative estimate of drug-likeness (QED) is 0.897. The minimum Gasteiger partial charge on any atom is -0.481 e. The van der Waals surface area contributed by atoms with E-state index >= 15 is 0 Å². The number of fused-ring (bicyclic) bond motifs is 1. The molecule has 0 radical (unpaired) electrons. The summed E-state index contributed by atoms with van der Waals surface area (Å²) in [6.45, 7) is 0. The van der Waals surface area contributed by atoms with Crippen LogP contribution in [0.3, 0.4) is 0 Å². The molecule has 0 bridgehead atoms. The summed E-state index contributed by atoms with van der Waals surface area (Å²) in [6, 6.07) is 9.28. The molecule has 6 nitrogen and oxygen atoms in total. The third-order valence-electron chi connectivity index (χ3n) is 3.82. The fourth-order valence-electron chi connectivity index (χ4n) is 2.78. The average molecular weight is 286 g/mol. The molecule has 6 heteroatoms. The van der Waals surface area contributed by atoms with Crippen LogP contribution in [0.4, 0.5) is 0 Å². The number of benzene rings is 1. The van der Waals surface area contributed by atoms with Crippen molar-refractivity contribution in [3.05, 3.63) is 47.3 Å². The molecule has 2 aromatic rings. The second-order valence-electron chi connectivity index (χ2n) is 5.10. The van der Waals surface area contributed by atoms with E-state index in [1.54, 1.807) is 4.68 Å². The Labute approximate surface area is 120 Å². The molecule has 21 heavy (non-hydrogen) atoms. The van der Waals surface area contributed by atoms with Crippen LogP contribution in [-0.4, -0.2) is 31.9 Å². The van der Waals surface area contributed by atoms with Gasteiger partial charge in [0, 0.05) is 11.3 Å². The number of hydrogen-bond acceptors (Lipinski definition) is 3. The third kappa shape index (κ3) is 2.29. The van der Waals surface area contributed by atoms with E-state index in [4.69, 9.17) is 5.11 Å². The topological polar surface area (TPSA) is 92.4 Å². The van der Waals surface area contributed by atoms with Crippen LogP contribution in [0.2, 0.25) is 0 Å². The van der Waals surface area contributed by atoms with E-state index < -0.39 is 17.9 Å². The van der Waals surface area contributed by atoms with Crippen LogP contribution in [0.25, 0.3) is 5.69 Å². The summed E-state index contributed by atoms with van der Waals surface area (Å²) in [7, 11) is 0. The van der Waals surface area contributed by atoms with Crippen LogP contribution >= 0.6 is 0 Å². The largest absolute Gasteiger partial charge is 0.481 e. The van der Waals surface area contributed by atoms with Gasteiger partial charge >= 0.3 is 11.9 Å². The van der Waals surface area contributed by atoms with E-state index in [9.17, 15) is 14.7 Å². The molecule has 0 spiro atoms. The zero-order valence-electron chi connectivity index (χ0n) is 11.2. The fourth-order valence-corrected chi connectivity index (χ4v) is 2.78. The zero-order valence-corrected chi connectivity index (χ0v) is 11.2. The first-order valence-corrected chi connectivity index (χ1v) is 6.70. The zero-order chi connectivity index (χ0) is 15.0. The van der Waals surface area contributed by atoms with Gasteiger partial charge in [0.1, 0.15) is 0 Å². The first-order chi connectivity index (χ1) is 10.1. The van der Waals surface area contributed by atoms with E-state index in [2.05, 4.69) is 5.10 Å². The van der Waals surface area contributed by atoms with Crippen molar-refractivity contribution in [2.75, 3.05) is 0 Å². The maximum atomic E-state index is 11.4. The van der Waals surface area contributed by atoms with Crippen molar-refractivity contribution < 1.29 is 19.8 Å². The Morgan fingerprint density at radius 3 is 2.52 bits per heavy atom. The minimum absolute atomic E-state index is 0.0418. The normalized spacial score (nSPS) is 17.2. The van der Waals surface area contributed by atoms with E-state index in [1.165, 1.54) is 0 Å². The van der Waals surface area contributed by atoms with Gasteiger partial charge in [0.05, 0.1) is 11.6 Å². The van der Waals surface area contributed by atoms with Gasteiger partial charge in [-0.3, -0.25) is 4.79 Å². The lowest BCUT2D eigenvalue weighted by atomic mass is 9.86. The van der Waals surface area contributed by atoms with Gasteiger partial charge in [-0.15, -0.1) is 0 Å². The summed E-state index contributed by atoms with van der Waals surface area (Å²) in [5.74, 6) is -2.54. The predicted molar refractivity (Wildman–Crippen MR) is 73.7 cm³/mol. The predicted octanol–water partition coefficient (Wildman–Crippen LogP) is 1.76. The Morgan fingerprint density at radius 1 is 1.19 bits per heavy atom. The number of hydrogen-bond donors (Lipinski definition) is 2. The van der Waals surface area contributed by atoms with Crippen LogP contribution in [0, 0.1) is 5.92 Å². The maximum Gasteiger partial charge on any atom is 0.356 e. The molecule has 1 aliphatic carbocycles. The van der Waals surface area contributed by atoms with Crippen molar-refractivity contribution in [3.63, 3.8) is 0 Å². The summed E-state index contributed by atoms with van der Waals surface area (Å²) in [4.78, 5) is 22.5. The first kappa shape index (κ1) is 13.4. The summed E-state index contributed by atoms with van der Waals surface area (Å²) in [5, 5.41) is 22.6. The van der Waals surface area contributed by atoms with Gasteiger partial charge in [-0.25, -0.2) is 9.48 Å². The van der Waals surface area contributed by atoms with Gasteiger partial charge in [-0.05, 0) is 31.4 Å². The highest BCUT2D eigenvalue weighted by atomic mass is 16.4. The number of carboxylic acids is 2. The molecule has 1 atom stereocenters. The van der Waals surface area contributed by atoms with E-state index in [-0.39, 0.29) is 12.1 Å². The molecule has 3 rings (SSSR count). The van der Waals surface area contributed by atoms with Crippen molar-refractivity contribution in [3.8, 4) is 5.69 Å². The SMILES string of the molecule is O=C(O)c1nn(-c2ccccc2)c2c1CC(C(=O)O)CC2. The van der Waals surface area contributed by atoms with Crippen LogP contribution in [-0.2, 0) is 17.6 Å². The van der Waals surface area contributed by atoms with Crippen molar-refractivity contribution in [1.82, 2.24) is 9.78 Å². The Hall–Kier alpha value is -2.63. The number of carbonyl (C=O) groups is 2. The molecular weight excluding hydrogens is 272 g/mol. The first-order valence-electron chi connectivity index (χ1n) is 6.70. The molecule has 0 saturated carbocycles. The van der Waals surface area contributed by atoms with Crippen LogP contribution in [0.5, 0.6) is 0 Å². The average Bonchev–Trinajstić information content (AvgIpc) is 2.87. The van der Waals surface area contributed by atoms with E-state index in [1.807, 2.05) is 30.3 Å². The monoisotopic (exact) mass is 286 g/mol. The third-order valence-corrected chi connectivity index (χ3v) is 3.82. The minimum atomic E-state index is -1.12. The summed E-state index contributed by atoms with van der Waals surface area (Å²) in [5.41, 5.74) is 2.09. The van der Waals surface area contributed by atoms with Gasteiger partial charge in [-0.2, -0.15) is 5.10 Å². The molecule has 0 amide bonds. The molecule has 1 aliphatic rings. The van der Waals surface area contributed by atoms with E-state index in [0.29, 0.717) is 18.4 Å². The molecule has 0 fully saturated rings. The van der Waals surface area contributed by atoms with Crippen molar-refractivity contribution >= 4 is 11.9 Å². The van der Waals surface area contributed by atoms with Gasteiger partial charge in [-0.1, -0.05) is 18.2 Å². The number of aromatic nitrogens is 2. The number of para-hydroxylation sites is 1. The van der Waals surface area contributed by atoms with Crippen molar-refractivity contribution in [1.29, 1.82) is 0 Å². The molecule has 1 unspecified atom stereocenters. The summed E-state index contributed by atoms with van der Waals surface area (Å²) < 4.78 is 1.62. The standard InChI is InChI=1S/C15H14N2O4/c18-14(19)9-6-7-12-11(8-9)13(15(20)21)16-17(12)10-4-2-1-3-5-10/h1-5,9H,6-8H2,(H,18,19)(H,20,21). The van der Waals surface area contributed by atoms with Gasteiger partial charge in [0.25, 0.3) is 0 Å². The van der Waals surface area contributed by atoms with Gasteiger partial charge in [0.15, 0.2) is 5.69 Å². The lowest BCUT2D eigenvalue weighted by Crippen LogP contribution is -2.23.